The Balaban J connectivity index is 1.62. The molecule has 8 heteroatoms. The average molecular weight is 430 g/mol. The molecule has 7 nitrogen and oxygen atoms in total. The number of hydrogen-bond acceptors (Lipinski definition) is 6. The van der Waals surface area contributed by atoms with Crippen LogP contribution in [0.5, 0.6) is 0 Å². The number of nitrogens with one attached hydrogen (secondary N) is 1. The molecule has 0 saturated heterocycles. The number of fused-ring (bicyclic) bond motifs is 1. The Morgan fingerprint density at radius 1 is 1.19 bits per heavy atom. The Hall–Kier alpha value is -3.78. The van der Waals surface area contributed by atoms with Crippen molar-refractivity contribution in [1.29, 1.82) is 0 Å². The Morgan fingerprint density at radius 3 is 2.71 bits per heavy atom. The number of esters is 1. The maximum Gasteiger partial charge on any atom is 0.338 e. The summed E-state index contributed by atoms with van der Waals surface area (Å²) >= 11 is 1.58. The van der Waals surface area contributed by atoms with E-state index in [4.69, 9.17) is 4.74 Å². The first kappa shape index (κ1) is 19.2. The molecule has 5 rings (SSSR count). The molecule has 0 radical (unpaired) electrons. The van der Waals surface area contributed by atoms with Gasteiger partial charge in [-0.15, -0.1) is 11.3 Å². The van der Waals surface area contributed by atoms with E-state index in [1.165, 1.54) is 0 Å². The first-order chi connectivity index (χ1) is 15.2. The summed E-state index contributed by atoms with van der Waals surface area (Å²) in [5.74, 6) is -0.592. The van der Waals surface area contributed by atoms with Gasteiger partial charge in [-0.1, -0.05) is 12.1 Å². The second kappa shape index (κ2) is 7.81. The van der Waals surface area contributed by atoms with E-state index in [1.807, 2.05) is 29.6 Å². The van der Waals surface area contributed by atoms with Crippen molar-refractivity contribution >= 4 is 28.9 Å². The molecule has 0 bridgehead atoms. The van der Waals surface area contributed by atoms with Gasteiger partial charge in [-0.2, -0.15) is 5.10 Å². The van der Waals surface area contributed by atoms with E-state index in [2.05, 4.69) is 15.2 Å². The van der Waals surface area contributed by atoms with Crippen LogP contribution in [0.1, 0.15) is 44.9 Å². The van der Waals surface area contributed by atoms with E-state index in [9.17, 15) is 9.59 Å². The molecule has 1 aliphatic rings. The molecular formula is C23H18N4O3S. The van der Waals surface area contributed by atoms with Gasteiger partial charge in [-0.25, -0.2) is 4.79 Å². The number of benzene rings is 1. The highest BCUT2D eigenvalue weighted by atomic mass is 32.1. The van der Waals surface area contributed by atoms with Gasteiger partial charge in [0.2, 0.25) is 0 Å². The summed E-state index contributed by atoms with van der Waals surface area (Å²) in [6.45, 7) is 2.07. The fourth-order valence-electron chi connectivity index (χ4n) is 3.84. The minimum absolute atomic E-state index is 0.202. The molecule has 4 aromatic rings. The van der Waals surface area contributed by atoms with Crippen molar-refractivity contribution < 1.29 is 14.3 Å². The van der Waals surface area contributed by atoms with E-state index < -0.39 is 5.97 Å². The Bertz CT molecular complexity index is 1230. The minimum atomic E-state index is -0.390. The number of aromatic nitrogens is 3. The maximum atomic E-state index is 13.4. The molecular weight excluding hydrogens is 412 g/mol. The van der Waals surface area contributed by atoms with Gasteiger partial charge >= 0.3 is 5.97 Å². The molecule has 154 valence electrons. The van der Waals surface area contributed by atoms with E-state index in [0.717, 1.165) is 21.7 Å². The molecule has 1 aromatic carbocycles. The number of hydrogen-bond donors (Lipinski definition) is 1. The maximum absolute atomic E-state index is 13.4. The zero-order valence-electron chi connectivity index (χ0n) is 16.6. The number of pyridine rings is 1. The summed E-state index contributed by atoms with van der Waals surface area (Å²) in [6, 6.07) is 14.2. The third-order valence-corrected chi connectivity index (χ3v) is 6.07. The van der Waals surface area contributed by atoms with Crippen LogP contribution >= 0.6 is 11.3 Å². The van der Waals surface area contributed by atoms with Crippen molar-refractivity contribution in [2.24, 2.45) is 0 Å². The number of carbonyl (C=O) groups is 2. The molecule has 0 aliphatic carbocycles. The smallest absolute Gasteiger partial charge is 0.338 e. The van der Waals surface area contributed by atoms with Crippen LogP contribution in [0.15, 0.2) is 66.3 Å². The minimum Gasteiger partial charge on any atom is -0.462 e. The molecule has 1 amide bonds. The first-order valence-electron chi connectivity index (χ1n) is 9.82. The van der Waals surface area contributed by atoms with Crippen LogP contribution < -0.4 is 4.90 Å². The molecule has 0 saturated carbocycles. The zero-order valence-corrected chi connectivity index (χ0v) is 17.4. The third-order valence-electron chi connectivity index (χ3n) is 5.18. The van der Waals surface area contributed by atoms with Crippen molar-refractivity contribution in [1.82, 2.24) is 15.2 Å². The lowest BCUT2D eigenvalue weighted by Crippen LogP contribution is -2.29. The van der Waals surface area contributed by atoms with Crippen LogP contribution in [-0.2, 0) is 4.74 Å². The van der Waals surface area contributed by atoms with Gasteiger partial charge in [-0.3, -0.25) is 19.8 Å². The van der Waals surface area contributed by atoms with E-state index in [1.54, 1.807) is 59.8 Å². The normalized spacial score (nSPS) is 15.2. The second-order valence-corrected chi connectivity index (χ2v) is 7.92. The van der Waals surface area contributed by atoms with Gasteiger partial charge in [0.25, 0.3) is 5.91 Å². The summed E-state index contributed by atoms with van der Waals surface area (Å²) in [5, 5.41) is 9.39. The van der Waals surface area contributed by atoms with Crippen LogP contribution in [0, 0.1) is 0 Å². The van der Waals surface area contributed by atoms with Gasteiger partial charge < -0.3 is 4.74 Å². The van der Waals surface area contributed by atoms with E-state index in [-0.39, 0.29) is 11.9 Å². The first-order valence-corrected chi connectivity index (χ1v) is 10.7. The fraction of sp³-hybridized carbons (Fsp3) is 0.130. The van der Waals surface area contributed by atoms with Crippen LogP contribution in [0.3, 0.4) is 0 Å². The van der Waals surface area contributed by atoms with Crippen molar-refractivity contribution in [2.45, 2.75) is 13.0 Å². The topological polar surface area (TPSA) is 88.2 Å². The van der Waals surface area contributed by atoms with E-state index >= 15 is 0 Å². The quantitative estimate of drug-likeness (QED) is 0.472. The number of thiophene rings is 1. The largest absolute Gasteiger partial charge is 0.462 e. The molecule has 0 unspecified atom stereocenters. The van der Waals surface area contributed by atoms with Crippen molar-refractivity contribution in [3.05, 3.63) is 88.7 Å². The van der Waals surface area contributed by atoms with Crippen LogP contribution in [-0.4, -0.2) is 33.7 Å². The molecule has 4 heterocycles. The number of ether oxygens (including phenoxy) is 1. The van der Waals surface area contributed by atoms with Crippen molar-refractivity contribution in [3.63, 3.8) is 0 Å². The lowest BCUT2D eigenvalue weighted by molar-refractivity contribution is 0.0526. The highest BCUT2D eigenvalue weighted by molar-refractivity contribution is 7.13. The summed E-state index contributed by atoms with van der Waals surface area (Å²) in [7, 11) is 0. The summed E-state index contributed by atoms with van der Waals surface area (Å²) in [5.41, 5.74) is 4.04. The van der Waals surface area contributed by atoms with Crippen LogP contribution in [0.2, 0.25) is 0 Å². The number of carbonyl (C=O) groups excluding carboxylic acids is 2. The van der Waals surface area contributed by atoms with Crippen molar-refractivity contribution in [2.75, 3.05) is 11.5 Å². The molecule has 31 heavy (non-hydrogen) atoms. The number of anilines is 1. The van der Waals surface area contributed by atoms with E-state index in [0.29, 0.717) is 23.6 Å². The number of rotatable bonds is 5. The fourth-order valence-corrected chi connectivity index (χ4v) is 4.58. The lowest BCUT2D eigenvalue weighted by Gasteiger charge is -2.26. The number of nitrogens with zero attached hydrogens (tertiary/aromatic N) is 3. The summed E-state index contributed by atoms with van der Waals surface area (Å²) < 4.78 is 5.06. The molecule has 1 aliphatic heterocycles. The van der Waals surface area contributed by atoms with Gasteiger partial charge in [-0.05, 0) is 54.3 Å². The molecule has 0 spiro atoms. The summed E-state index contributed by atoms with van der Waals surface area (Å²) in [6.07, 6.45) is 3.47. The average Bonchev–Trinajstić information content (AvgIpc) is 3.52. The molecule has 1 N–H and O–H groups in total. The van der Waals surface area contributed by atoms with Crippen LogP contribution in [0.4, 0.5) is 5.69 Å². The second-order valence-electron chi connectivity index (χ2n) is 6.97. The number of aromatic amines is 1. The number of H-pyrrole nitrogens is 1. The Kier molecular flexibility index (Phi) is 4.83. The SMILES string of the molecule is CCOC(=O)c1ccc(N2C(=O)c3n[nH]c(-c4cccs4)c3[C@@H]2c2cccnc2)cc1. The third kappa shape index (κ3) is 3.21. The monoisotopic (exact) mass is 430 g/mol. The van der Waals surface area contributed by atoms with Gasteiger partial charge in [0, 0.05) is 23.6 Å². The highest BCUT2D eigenvalue weighted by Crippen LogP contribution is 2.45. The predicted octanol–water partition coefficient (Wildman–Crippen LogP) is 4.46. The van der Waals surface area contributed by atoms with Gasteiger partial charge in [0.15, 0.2) is 5.69 Å². The molecule has 3 aromatic heterocycles. The number of amides is 1. The van der Waals surface area contributed by atoms with Gasteiger partial charge in [0.05, 0.1) is 28.8 Å². The molecule has 1 atom stereocenters. The summed E-state index contributed by atoms with van der Waals surface area (Å²) in [4.78, 5) is 32.4. The van der Waals surface area contributed by atoms with Crippen LogP contribution in [0.25, 0.3) is 10.6 Å². The zero-order chi connectivity index (χ0) is 21.4. The predicted molar refractivity (Wildman–Crippen MR) is 117 cm³/mol. The van der Waals surface area contributed by atoms with Crippen molar-refractivity contribution in [3.8, 4) is 10.6 Å². The molecule has 0 fully saturated rings. The Morgan fingerprint density at radius 2 is 2.03 bits per heavy atom. The van der Waals surface area contributed by atoms with Gasteiger partial charge in [0.1, 0.15) is 0 Å². The highest BCUT2D eigenvalue weighted by Gasteiger charge is 2.43. The lowest BCUT2D eigenvalue weighted by atomic mass is 9.99. The Labute approximate surface area is 182 Å². The standard InChI is InChI=1S/C23H18N4O3S/c1-2-30-23(29)14-7-9-16(10-8-14)27-21(15-5-3-11-24-13-15)18-19(17-6-4-12-31-17)25-26-20(18)22(27)28/h3-13,21H,2H2,1H3,(H,25,26)/t21-/m0/s1.